The molecule has 0 spiro atoms. The largest absolute Gasteiger partial charge is 0.310 e. The third-order valence-corrected chi connectivity index (χ3v) is 18.9. The van der Waals surface area contributed by atoms with Crippen LogP contribution in [0.1, 0.15) is 0 Å². The van der Waals surface area contributed by atoms with Gasteiger partial charge in [0.1, 0.15) is 0 Å². The van der Waals surface area contributed by atoms with Gasteiger partial charge in [0, 0.05) is 54.3 Å². The van der Waals surface area contributed by atoms with Crippen LogP contribution in [0.2, 0.25) is 0 Å². The SMILES string of the molecule is c1ccc(-c2nc(-c3ccccc3)nc(-n3c4ccc(-c5cccc(N(c6ccc7c(ccc8ccccc87)c6)c6ccccc6-c6ccccc6)c5)cc4c4c5ccccc5c5c6cc7c8ccccc8c8ccccc8c7cc6sc5c43)n2)cc1. The molecule has 0 radical (unpaired) electrons. The number of fused-ring (bicyclic) bond motifs is 19. The van der Waals surface area contributed by atoms with Crippen LogP contribution in [0.25, 0.3) is 158 Å². The molecule has 0 aliphatic rings. The molecule has 18 aromatic rings. The molecule has 0 amide bonds. The van der Waals surface area contributed by atoms with Crippen LogP contribution in [0.4, 0.5) is 17.1 Å². The molecule has 5 nitrogen and oxygen atoms in total. The quantitative estimate of drug-likeness (QED) is 0.142. The number of thiophene rings is 1. The average Bonchev–Trinajstić information content (AvgIpc) is 1.71. The van der Waals surface area contributed by atoms with Gasteiger partial charge in [-0.2, -0.15) is 9.97 Å². The normalized spacial score (nSPS) is 11.9. The molecule has 0 unspecified atom stereocenters. The molecule has 0 aliphatic carbocycles. The lowest BCUT2D eigenvalue weighted by Gasteiger charge is -2.28. The van der Waals surface area contributed by atoms with Crippen LogP contribution < -0.4 is 4.90 Å². The number of aromatic nitrogens is 4. The summed E-state index contributed by atoms with van der Waals surface area (Å²) in [6.07, 6.45) is 0. The first-order valence-corrected chi connectivity index (χ1v) is 30.4. The molecule has 15 aromatic carbocycles. The second kappa shape index (κ2) is 19.6. The van der Waals surface area contributed by atoms with Gasteiger partial charge >= 0.3 is 0 Å². The van der Waals surface area contributed by atoms with Crippen molar-refractivity contribution >= 4 is 135 Å². The molecule has 0 saturated heterocycles. The van der Waals surface area contributed by atoms with E-state index in [0.717, 1.165) is 72.2 Å². The smallest absolute Gasteiger partial charge is 0.238 e. The minimum Gasteiger partial charge on any atom is -0.310 e. The van der Waals surface area contributed by atoms with Gasteiger partial charge in [0.05, 0.1) is 21.4 Å². The van der Waals surface area contributed by atoms with Crippen LogP contribution in [-0.4, -0.2) is 19.5 Å². The Balaban J connectivity index is 0.912. The first-order valence-electron chi connectivity index (χ1n) is 29.6. The van der Waals surface area contributed by atoms with Crippen molar-refractivity contribution in [2.45, 2.75) is 0 Å². The molecule has 3 aromatic heterocycles. The van der Waals surface area contributed by atoms with Crippen LogP contribution in [0.5, 0.6) is 0 Å². The van der Waals surface area contributed by atoms with Gasteiger partial charge in [-0.1, -0.05) is 243 Å². The van der Waals surface area contributed by atoms with E-state index in [1.54, 1.807) is 0 Å². The fourth-order valence-corrected chi connectivity index (χ4v) is 15.1. The summed E-state index contributed by atoms with van der Waals surface area (Å²) in [5.41, 5.74) is 11.6. The predicted molar refractivity (Wildman–Crippen MR) is 369 cm³/mol. The molecule has 0 fully saturated rings. The molecule has 87 heavy (non-hydrogen) atoms. The van der Waals surface area contributed by atoms with Crippen LogP contribution in [-0.2, 0) is 0 Å². The topological polar surface area (TPSA) is 46.8 Å². The Morgan fingerprint density at radius 1 is 0.299 bits per heavy atom. The summed E-state index contributed by atoms with van der Waals surface area (Å²) in [6, 6.07) is 108. The number of rotatable bonds is 8. The van der Waals surface area contributed by atoms with E-state index < -0.39 is 0 Å². The summed E-state index contributed by atoms with van der Waals surface area (Å²) in [7, 11) is 0. The van der Waals surface area contributed by atoms with E-state index in [2.05, 4.69) is 270 Å². The van der Waals surface area contributed by atoms with E-state index in [0.29, 0.717) is 17.6 Å². The van der Waals surface area contributed by atoms with Gasteiger partial charge in [-0.05, 0) is 136 Å². The number of anilines is 3. The Kier molecular flexibility index (Phi) is 11.1. The van der Waals surface area contributed by atoms with Gasteiger partial charge in [-0.15, -0.1) is 11.3 Å². The maximum Gasteiger partial charge on any atom is 0.238 e. The minimum absolute atomic E-state index is 0.560. The van der Waals surface area contributed by atoms with Gasteiger partial charge in [0.15, 0.2) is 11.6 Å². The average molecular weight is 1120 g/mol. The number of hydrogen-bond donors (Lipinski definition) is 0. The third kappa shape index (κ3) is 7.82. The fraction of sp³-hybridized carbons (Fsp3) is 0. The molecule has 404 valence electrons. The molecular formula is C81H49N5S. The van der Waals surface area contributed by atoms with Crippen LogP contribution in [0.15, 0.2) is 297 Å². The highest BCUT2D eigenvalue weighted by molar-refractivity contribution is 7.27. The second-order valence-corrected chi connectivity index (χ2v) is 23.7. The summed E-state index contributed by atoms with van der Waals surface area (Å²) >= 11 is 1.86. The highest BCUT2D eigenvalue weighted by Crippen LogP contribution is 2.51. The molecule has 0 saturated carbocycles. The van der Waals surface area contributed by atoms with Gasteiger partial charge < -0.3 is 4.90 Å². The van der Waals surface area contributed by atoms with Crippen molar-refractivity contribution in [3.05, 3.63) is 297 Å². The number of benzene rings is 15. The first-order chi connectivity index (χ1) is 43.1. The lowest BCUT2D eigenvalue weighted by Crippen LogP contribution is -2.11. The zero-order valence-corrected chi connectivity index (χ0v) is 47.8. The monoisotopic (exact) mass is 1120 g/mol. The van der Waals surface area contributed by atoms with Gasteiger partial charge in [-0.3, -0.25) is 4.57 Å². The molecular weight excluding hydrogens is 1070 g/mol. The molecule has 3 heterocycles. The van der Waals surface area contributed by atoms with E-state index in [9.17, 15) is 0 Å². The zero-order chi connectivity index (χ0) is 57.1. The fourth-order valence-electron chi connectivity index (χ4n) is 13.8. The van der Waals surface area contributed by atoms with Crippen molar-refractivity contribution in [3.8, 4) is 51.0 Å². The highest BCUT2D eigenvalue weighted by Gasteiger charge is 2.26. The third-order valence-electron chi connectivity index (χ3n) is 17.7. The minimum atomic E-state index is 0.560. The summed E-state index contributed by atoms with van der Waals surface area (Å²) in [5.74, 6) is 1.78. The van der Waals surface area contributed by atoms with Crippen molar-refractivity contribution in [1.29, 1.82) is 0 Å². The van der Waals surface area contributed by atoms with Crippen molar-refractivity contribution in [2.75, 3.05) is 4.90 Å². The van der Waals surface area contributed by atoms with E-state index in [-0.39, 0.29) is 0 Å². The summed E-state index contributed by atoms with van der Waals surface area (Å²) < 4.78 is 4.75. The number of nitrogens with zero attached hydrogens (tertiary/aromatic N) is 5. The Labute approximate surface area is 504 Å². The first kappa shape index (κ1) is 49.1. The highest BCUT2D eigenvalue weighted by atomic mass is 32.1. The Hall–Kier alpha value is -11.3. The summed E-state index contributed by atoms with van der Waals surface area (Å²) in [5, 5.41) is 19.6. The molecule has 0 bridgehead atoms. The molecule has 0 aliphatic heterocycles. The maximum absolute atomic E-state index is 5.50. The molecule has 0 N–H and O–H groups in total. The van der Waals surface area contributed by atoms with Gasteiger partial charge in [0.25, 0.3) is 0 Å². The predicted octanol–water partition coefficient (Wildman–Crippen LogP) is 22.4. The number of hydrogen-bond acceptors (Lipinski definition) is 5. The van der Waals surface area contributed by atoms with Crippen molar-refractivity contribution in [1.82, 2.24) is 19.5 Å². The Morgan fingerprint density at radius 2 is 0.828 bits per heavy atom. The molecule has 6 heteroatoms. The molecule has 18 rings (SSSR count). The lowest BCUT2D eigenvalue weighted by atomic mass is 9.92. The van der Waals surface area contributed by atoms with Crippen molar-refractivity contribution in [2.24, 2.45) is 0 Å². The Morgan fingerprint density at radius 3 is 1.53 bits per heavy atom. The zero-order valence-electron chi connectivity index (χ0n) is 46.9. The van der Waals surface area contributed by atoms with E-state index in [1.165, 1.54) is 84.8 Å². The molecule has 0 atom stereocenters. The van der Waals surface area contributed by atoms with Crippen LogP contribution in [0, 0.1) is 0 Å². The summed E-state index contributed by atoms with van der Waals surface area (Å²) in [6.45, 7) is 0. The van der Waals surface area contributed by atoms with Gasteiger partial charge in [-0.25, -0.2) is 4.98 Å². The van der Waals surface area contributed by atoms with Crippen LogP contribution >= 0.6 is 11.3 Å². The standard InChI is InChI=1S/C81H49N5S/c1-4-21-50(22-5-1)61-31-18-19-38-72(61)85(58-42-43-60-56(46-58)40-39-51-23-10-11-30-59(51)60)57-29-20-28-54(45-57)55-41-44-73-70(47-55)75-66-36-16-17-37-67(66)76-71-48-68-64-34-14-12-32-62(64)63-33-13-15-35-65(63)69(68)49-74(71)87-78(76)77(75)86(73)81-83-79(52-24-6-2-7-25-52)82-80(84-81)53-26-8-3-9-27-53/h1-49H. The Bertz CT molecular complexity index is 5780. The summed E-state index contributed by atoms with van der Waals surface area (Å²) in [4.78, 5) is 18.6. The van der Waals surface area contributed by atoms with Gasteiger partial charge in [0.2, 0.25) is 5.95 Å². The van der Waals surface area contributed by atoms with Crippen molar-refractivity contribution < 1.29 is 0 Å². The van der Waals surface area contributed by atoms with Crippen molar-refractivity contribution in [3.63, 3.8) is 0 Å². The maximum atomic E-state index is 5.50. The van der Waals surface area contributed by atoms with E-state index in [1.807, 2.05) is 47.7 Å². The number of para-hydroxylation sites is 1. The van der Waals surface area contributed by atoms with E-state index >= 15 is 0 Å². The van der Waals surface area contributed by atoms with Crippen LogP contribution in [0.3, 0.4) is 0 Å². The lowest BCUT2D eigenvalue weighted by molar-refractivity contribution is 0.955. The second-order valence-electron chi connectivity index (χ2n) is 22.6. The van der Waals surface area contributed by atoms with E-state index in [4.69, 9.17) is 15.0 Å².